The normalized spacial score (nSPS) is 18.0. The number of nitrogens with zero attached hydrogens (tertiary/aromatic N) is 1. The van der Waals surface area contributed by atoms with Gasteiger partial charge in [-0.15, -0.1) is 0 Å². The molecule has 0 amide bonds. The number of carbonyl (C=O) groups is 1. The first-order chi connectivity index (χ1) is 10.5. The van der Waals surface area contributed by atoms with Gasteiger partial charge in [0.25, 0.3) is 0 Å². The summed E-state index contributed by atoms with van der Waals surface area (Å²) in [7, 11) is 0. The molecule has 0 unspecified atom stereocenters. The zero-order chi connectivity index (χ0) is 16.1. The molecule has 1 aromatic rings. The lowest BCUT2D eigenvalue weighted by Gasteiger charge is -2.33. The highest BCUT2D eigenvalue weighted by atomic mass is 35.5. The first-order valence-corrected chi connectivity index (χ1v) is 7.97. The molecule has 0 aliphatic carbocycles. The smallest absolute Gasteiger partial charge is 0.310 e. The van der Waals surface area contributed by atoms with Gasteiger partial charge in [0.05, 0.1) is 17.5 Å². The second kappa shape index (κ2) is 7.74. The molecule has 120 valence electrons. The summed E-state index contributed by atoms with van der Waals surface area (Å²) >= 11 is 11.1. The number of rotatable bonds is 3. The maximum absolute atomic E-state index is 13.1. The van der Waals surface area contributed by atoms with Crippen LogP contribution in [0, 0.1) is 11.7 Å². The Balaban J connectivity index is 1.96. The third-order valence-corrected chi connectivity index (χ3v) is 4.15. The standard InChI is InChI=1S/C15H18ClFN2O2S/c1-2-21-14(20)10-4-3-7-19(9-10)15(22)18-11-5-6-13(17)12(16)8-11/h5-6,8,10H,2-4,7,9H2,1H3,(H,18,22)/t10-/m1/s1. The molecule has 7 heteroatoms. The van der Waals surface area contributed by atoms with Gasteiger partial charge >= 0.3 is 5.97 Å². The van der Waals surface area contributed by atoms with Crippen LogP contribution in [0.5, 0.6) is 0 Å². The van der Waals surface area contributed by atoms with E-state index in [1.54, 1.807) is 13.0 Å². The van der Waals surface area contributed by atoms with Crippen molar-refractivity contribution in [1.29, 1.82) is 0 Å². The quantitative estimate of drug-likeness (QED) is 0.672. The second-order valence-electron chi connectivity index (χ2n) is 5.10. The number of thiocarbonyl (C=S) groups is 1. The lowest BCUT2D eigenvalue weighted by Crippen LogP contribution is -2.44. The number of nitrogens with one attached hydrogen (secondary N) is 1. The average Bonchev–Trinajstić information content (AvgIpc) is 2.51. The molecule has 1 aliphatic rings. The molecule has 22 heavy (non-hydrogen) atoms. The number of hydrogen-bond acceptors (Lipinski definition) is 3. The van der Waals surface area contributed by atoms with Gasteiger partial charge in [0.15, 0.2) is 5.11 Å². The molecule has 2 rings (SSSR count). The first-order valence-electron chi connectivity index (χ1n) is 7.19. The van der Waals surface area contributed by atoms with Crippen LogP contribution < -0.4 is 5.32 Å². The van der Waals surface area contributed by atoms with Crippen LogP contribution in [-0.4, -0.2) is 35.7 Å². The van der Waals surface area contributed by atoms with Gasteiger partial charge in [-0.3, -0.25) is 4.79 Å². The Morgan fingerprint density at radius 2 is 2.36 bits per heavy atom. The van der Waals surface area contributed by atoms with Gasteiger partial charge in [-0.25, -0.2) is 4.39 Å². The van der Waals surface area contributed by atoms with E-state index in [0.29, 0.717) is 24.0 Å². The molecule has 1 saturated heterocycles. The topological polar surface area (TPSA) is 41.6 Å². The molecule has 1 fully saturated rings. The van der Waals surface area contributed by atoms with E-state index >= 15 is 0 Å². The van der Waals surface area contributed by atoms with Gasteiger partial charge in [-0.05, 0) is 50.2 Å². The fourth-order valence-corrected chi connectivity index (χ4v) is 2.85. The summed E-state index contributed by atoms with van der Waals surface area (Å²) in [6, 6.07) is 4.33. The summed E-state index contributed by atoms with van der Waals surface area (Å²) in [5.41, 5.74) is 0.620. The van der Waals surface area contributed by atoms with Crippen LogP contribution in [0.25, 0.3) is 0 Å². The second-order valence-corrected chi connectivity index (χ2v) is 5.89. The molecule has 0 radical (unpaired) electrons. The predicted molar refractivity (Wildman–Crippen MR) is 88.6 cm³/mol. The van der Waals surface area contributed by atoms with Crippen molar-refractivity contribution < 1.29 is 13.9 Å². The fraction of sp³-hybridized carbons (Fsp3) is 0.467. The van der Waals surface area contributed by atoms with Gasteiger partial charge in [0, 0.05) is 18.8 Å². The van der Waals surface area contributed by atoms with E-state index in [0.717, 1.165) is 19.4 Å². The van der Waals surface area contributed by atoms with Gasteiger partial charge < -0.3 is 15.0 Å². The van der Waals surface area contributed by atoms with E-state index in [-0.39, 0.29) is 16.9 Å². The number of halogens is 2. The summed E-state index contributed by atoms with van der Waals surface area (Å²) in [6.07, 6.45) is 1.68. The van der Waals surface area contributed by atoms with Crippen LogP contribution in [0.3, 0.4) is 0 Å². The Morgan fingerprint density at radius 3 is 3.05 bits per heavy atom. The van der Waals surface area contributed by atoms with E-state index in [1.807, 2.05) is 4.90 Å². The molecule has 1 atom stereocenters. The van der Waals surface area contributed by atoms with Gasteiger partial charge in [0.1, 0.15) is 5.82 Å². The number of esters is 1. The van der Waals surface area contributed by atoms with Crippen molar-refractivity contribution in [1.82, 2.24) is 4.90 Å². The van der Waals surface area contributed by atoms with Crippen LogP contribution in [0.2, 0.25) is 5.02 Å². The van der Waals surface area contributed by atoms with E-state index in [4.69, 9.17) is 28.6 Å². The third-order valence-electron chi connectivity index (χ3n) is 3.50. The van der Waals surface area contributed by atoms with Gasteiger partial charge in [-0.2, -0.15) is 0 Å². The Labute approximate surface area is 139 Å². The van der Waals surface area contributed by atoms with Crippen LogP contribution in [0.15, 0.2) is 18.2 Å². The molecule has 1 aromatic carbocycles. The third kappa shape index (κ3) is 4.30. The minimum atomic E-state index is -0.474. The predicted octanol–water partition coefficient (Wildman–Crippen LogP) is 3.45. The SMILES string of the molecule is CCOC(=O)[C@@H]1CCCN(C(=S)Nc2ccc(F)c(Cl)c2)C1. The number of carbonyl (C=O) groups excluding carboxylic acids is 1. The number of piperidine rings is 1. The van der Waals surface area contributed by atoms with Crippen LogP contribution in [0.1, 0.15) is 19.8 Å². The monoisotopic (exact) mass is 344 g/mol. The molecule has 0 saturated carbocycles. The van der Waals surface area contributed by atoms with Crippen molar-refractivity contribution in [2.75, 3.05) is 25.0 Å². The molecule has 1 N–H and O–H groups in total. The van der Waals surface area contributed by atoms with Crippen molar-refractivity contribution in [3.05, 3.63) is 29.0 Å². The number of benzene rings is 1. The summed E-state index contributed by atoms with van der Waals surface area (Å²) < 4.78 is 18.2. The highest BCUT2D eigenvalue weighted by Crippen LogP contribution is 2.22. The van der Waals surface area contributed by atoms with Crippen molar-refractivity contribution in [3.63, 3.8) is 0 Å². The molecule has 0 bridgehead atoms. The van der Waals surface area contributed by atoms with Crippen molar-refractivity contribution in [3.8, 4) is 0 Å². The lowest BCUT2D eigenvalue weighted by atomic mass is 9.98. The van der Waals surface area contributed by atoms with Crippen LogP contribution >= 0.6 is 23.8 Å². The molecular formula is C15H18ClFN2O2S. The summed E-state index contributed by atoms with van der Waals surface area (Å²) in [4.78, 5) is 13.8. The minimum Gasteiger partial charge on any atom is -0.466 e. The van der Waals surface area contributed by atoms with E-state index in [2.05, 4.69) is 5.32 Å². The minimum absolute atomic E-state index is 0.0378. The van der Waals surface area contributed by atoms with E-state index < -0.39 is 5.82 Å². The Morgan fingerprint density at radius 1 is 1.59 bits per heavy atom. The summed E-state index contributed by atoms with van der Waals surface area (Å²) in [6.45, 7) is 3.48. The molecule has 0 aromatic heterocycles. The van der Waals surface area contributed by atoms with Crippen molar-refractivity contribution in [2.24, 2.45) is 5.92 Å². The fourth-order valence-electron chi connectivity index (χ4n) is 2.39. The number of hydrogen-bond donors (Lipinski definition) is 1. The summed E-state index contributed by atoms with van der Waals surface area (Å²) in [5.74, 6) is -0.816. The van der Waals surface area contributed by atoms with Crippen LogP contribution in [-0.2, 0) is 9.53 Å². The maximum Gasteiger partial charge on any atom is 0.310 e. The van der Waals surface area contributed by atoms with Gasteiger partial charge in [-0.1, -0.05) is 11.6 Å². The first kappa shape index (κ1) is 17.0. The Kier molecular flexibility index (Phi) is 5.97. The number of likely N-dealkylation sites (tertiary alicyclic amines) is 1. The van der Waals surface area contributed by atoms with E-state index in [9.17, 15) is 9.18 Å². The highest BCUT2D eigenvalue weighted by molar-refractivity contribution is 7.80. The molecule has 4 nitrogen and oxygen atoms in total. The molecule has 1 aliphatic heterocycles. The molecule has 0 spiro atoms. The zero-order valence-corrected chi connectivity index (χ0v) is 13.8. The number of ether oxygens (including phenoxy) is 1. The van der Waals surface area contributed by atoms with Gasteiger partial charge in [0.2, 0.25) is 0 Å². The summed E-state index contributed by atoms with van der Waals surface area (Å²) in [5, 5.41) is 3.56. The van der Waals surface area contributed by atoms with Crippen molar-refractivity contribution in [2.45, 2.75) is 19.8 Å². The number of anilines is 1. The van der Waals surface area contributed by atoms with E-state index in [1.165, 1.54) is 12.1 Å². The average molecular weight is 345 g/mol. The Bertz CT molecular complexity index is 570. The molecule has 1 heterocycles. The van der Waals surface area contributed by atoms with Crippen molar-refractivity contribution >= 4 is 40.6 Å². The zero-order valence-electron chi connectivity index (χ0n) is 12.3. The molecular weight excluding hydrogens is 327 g/mol. The van der Waals surface area contributed by atoms with Crippen LogP contribution in [0.4, 0.5) is 10.1 Å². The lowest BCUT2D eigenvalue weighted by molar-refractivity contribution is -0.149. The largest absolute Gasteiger partial charge is 0.466 e. The Hall–Kier alpha value is -1.40. The maximum atomic E-state index is 13.1. The highest BCUT2D eigenvalue weighted by Gasteiger charge is 2.28.